The maximum atomic E-state index is 9.77. The minimum absolute atomic E-state index is 0.240. The Morgan fingerprint density at radius 3 is 2.33 bits per heavy atom. The van der Waals surface area contributed by atoms with E-state index in [1.165, 1.54) is 0 Å². The molecule has 170 valence electrons. The molecule has 33 heavy (non-hydrogen) atoms. The summed E-state index contributed by atoms with van der Waals surface area (Å²) in [5.41, 5.74) is 2.64. The molecule has 0 unspecified atom stereocenters. The molecule has 0 spiro atoms. The van der Waals surface area contributed by atoms with Gasteiger partial charge in [-0.05, 0) is 60.5 Å². The van der Waals surface area contributed by atoms with Crippen molar-refractivity contribution in [2.45, 2.75) is 13.5 Å². The number of nitriles is 1. The summed E-state index contributed by atoms with van der Waals surface area (Å²) in [6, 6.07) is 18.5. The first-order chi connectivity index (χ1) is 16.0. The molecular formula is C26H23Cl2NO4. The normalized spacial score (nSPS) is 11.0. The van der Waals surface area contributed by atoms with E-state index >= 15 is 0 Å². The van der Waals surface area contributed by atoms with Gasteiger partial charge in [-0.15, -0.1) is 0 Å². The number of hydrogen-bond donors (Lipinski definition) is 0. The molecule has 0 fully saturated rings. The second kappa shape index (κ2) is 11.5. The highest BCUT2D eigenvalue weighted by Crippen LogP contribution is 2.39. The molecule has 0 saturated carbocycles. The minimum Gasteiger partial charge on any atom is -0.493 e. The van der Waals surface area contributed by atoms with Gasteiger partial charge >= 0.3 is 0 Å². The van der Waals surface area contributed by atoms with E-state index in [-0.39, 0.29) is 6.61 Å². The summed E-state index contributed by atoms with van der Waals surface area (Å²) in [7, 11) is 3.11. The zero-order valence-corrected chi connectivity index (χ0v) is 20.0. The monoisotopic (exact) mass is 483 g/mol. The molecular weight excluding hydrogens is 461 g/mol. The van der Waals surface area contributed by atoms with Crippen LogP contribution in [0.4, 0.5) is 0 Å². The zero-order chi connectivity index (χ0) is 23.8. The van der Waals surface area contributed by atoms with Crippen LogP contribution in [0.5, 0.6) is 23.0 Å². The number of methoxy groups -OCH3 is 2. The Bertz CT molecular complexity index is 1200. The van der Waals surface area contributed by atoms with Crippen molar-refractivity contribution in [1.82, 2.24) is 0 Å². The van der Waals surface area contributed by atoms with Gasteiger partial charge in [0.2, 0.25) is 0 Å². The van der Waals surface area contributed by atoms with Gasteiger partial charge in [-0.2, -0.15) is 5.26 Å². The number of halogens is 2. The lowest BCUT2D eigenvalue weighted by Gasteiger charge is -2.15. The highest BCUT2D eigenvalue weighted by atomic mass is 35.5. The largest absolute Gasteiger partial charge is 0.493 e. The Kier molecular flexibility index (Phi) is 8.48. The summed E-state index contributed by atoms with van der Waals surface area (Å²) in [5.74, 6) is 2.01. The van der Waals surface area contributed by atoms with Crippen LogP contribution in [-0.4, -0.2) is 20.8 Å². The van der Waals surface area contributed by atoms with Crippen molar-refractivity contribution in [3.05, 3.63) is 81.3 Å². The summed E-state index contributed by atoms with van der Waals surface area (Å²) < 4.78 is 22.4. The molecule has 0 saturated heterocycles. The smallest absolute Gasteiger partial charge is 0.180 e. The quantitative estimate of drug-likeness (QED) is 0.241. The second-order valence-electron chi connectivity index (χ2n) is 6.88. The van der Waals surface area contributed by atoms with Crippen molar-refractivity contribution >= 4 is 34.9 Å². The number of hydrogen-bond acceptors (Lipinski definition) is 5. The molecule has 3 rings (SSSR count). The fourth-order valence-corrected chi connectivity index (χ4v) is 3.65. The first-order valence-electron chi connectivity index (χ1n) is 10.2. The van der Waals surface area contributed by atoms with Crippen LogP contribution in [0.15, 0.2) is 54.6 Å². The Labute approximate surface area is 203 Å². The lowest BCUT2D eigenvalue weighted by atomic mass is 10.0. The molecule has 0 aliphatic carbocycles. The van der Waals surface area contributed by atoms with Crippen molar-refractivity contribution < 1.29 is 18.9 Å². The molecule has 0 aliphatic rings. The van der Waals surface area contributed by atoms with Gasteiger partial charge in [0.25, 0.3) is 0 Å². The predicted molar refractivity (Wildman–Crippen MR) is 131 cm³/mol. The van der Waals surface area contributed by atoms with E-state index in [1.807, 2.05) is 25.1 Å². The molecule has 3 aromatic rings. The summed E-state index contributed by atoms with van der Waals surface area (Å²) in [6.45, 7) is 2.54. The van der Waals surface area contributed by atoms with E-state index in [4.69, 9.17) is 42.1 Å². The van der Waals surface area contributed by atoms with E-state index in [9.17, 15) is 5.26 Å². The third kappa shape index (κ3) is 5.92. The van der Waals surface area contributed by atoms with Gasteiger partial charge in [0.1, 0.15) is 6.61 Å². The van der Waals surface area contributed by atoms with Crippen LogP contribution in [0.1, 0.15) is 23.6 Å². The average Bonchev–Trinajstić information content (AvgIpc) is 2.82. The van der Waals surface area contributed by atoms with Crippen LogP contribution in [0.2, 0.25) is 10.0 Å². The van der Waals surface area contributed by atoms with Crippen LogP contribution in [-0.2, 0) is 6.61 Å². The standard InChI is InChI=1S/C26H23Cl2NO4/c1-4-32-25-13-17(11-20(15-29)18-9-10-23(30-2)24(14-18)31-3)12-22(28)26(25)33-16-19-7-5-6-8-21(19)27/h5-14H,4,16H2,1-3H3/b20-11+. The van der Waals surface area contributed by atoms with Crippen molar-refractivity contribution in [3.8, 4) is 29.1 Å². The molecule has 3 aromatic carbocycles. The van der Waals surface area contributed by atoms with Gasteiger partial charge < -0.3 is 18.9 Å². The van der Waals surface area contributed by atoms with Crippen molar-refractivity contribution in [1.29, 1.82) is 5.26 Å². The van der Waals surface area contributed by atoms with Gasteiger partial charge in [0.05, 0.1) is 37.5 Å². The Morgan fingerprint density at radius 1 is 0.909 bits per heavy atom. The fraction of sp³-hybridized carbons (Fsp3) is 0.192. The van der Waals surface area contributed by atoms with Crippen LogP contribution in [0, 0.1) is 11.3 Å². The lowest BCUT2D eigenvalue weighted by Crippen LogP contribution is -2.01. The van der Waals surface area contributed by atoms with E-state index in [0.717, 1.165) is 5.56 Å². The summed E-state index contributed by atoms with van der Waals surface area (Å²) in [5, 5.41) is 10.7. The Balaban J connectivity index is 1.95. The third-order valence-corrected chi connectivity index (χ3v) is 5.44. The number of benzene rings is 3. The number of allylic oxidation sites excluding steroid dienone is 1. The number of ether oxygens (including phenoxy) is 4. The summed E-state index contributed by atoms with van der Waals surface area (Å²) in [4.78, 5) is 0. The molecule has 0 amide bonds. The van der Waals surface area contributed by atoms with Crippen LogP contribution >= 0.6 is 23.2 Å². The Hall–Kier alpha value is -3.33. The molecule has 0 atom stereocenters. The summed E-state index contributed by atoms with van der Waals surface area (Å²) in [6.07, 6.45) is 1.73. The molecule has 0 bridgehead atoms. The second-order valence-corrected chi connectivity index (χ2v) is 7.70. The molecule has 0 aromatic heterocycles. The molecule has 5 nitrogen and oxygen atoms in total. The average molecular weight is 484 g/mol. The molecule has 0 heterocycles. The first kappa shape index (κ1) is 24.3. The van der Waals surface area contributed by atoms with Gasteiger partial charge in [0, 0.05) is 10.6 Å². The maximum absolute atomic E-state index is 9.77. The van der Waals surface area contributed by atoms with E-state index in [2.05, 4.69) is 6.07 Å². The number of nitrogens with zero attached hydrogens (tertiary/aromatic N) is 1. The van der Waals surface area contributed by atoms with Crippen LogP contribution in [0.3, 0.4) is 0 Å². The van der Waals surface area contributed by atoms with E-state index in [0.29, 0.717) is 56.4 Å². The lowest BCUT2D eigenvalue weighted by molar-refractivity contribution is 0.269. The minimum atomic E-state index is 0.240. The highest BCUT2D eigenvalue weighted by molar-refractivity contribution is 6.32. The molecule has 0 aliphatic heterocycles. The number of rotatable bonds is 9. The van der Waals surface area contributed by atoms with Crippen molar-refractivity contribution in [2.75, 3.05) is 20.8 Å². The third-order valence-electron chi connectivity index (χ3n) is 4.79. The summed E-state index contributed by atoms with van der Waals surface area (Å²) >= 11 is 12.8. The van der Waals surface area contributed by atoms with Gasteiger partial charge in [-0.3, -0.25) is 0 Å². The Morgan fingerprint density at radius 2 is 1.67 bits per heavy atom. The van der Waals surface area contributed by atoms with Gasteiger partial charge in [0.15, 0.2) is 23.0 Å². The fourth-order valence-electron chi connectivity index (χ4n) is 3.19. The molecule has 7 heteroatoms. The topological polar surface area (TPSA) is 60.7 Å². The zero-order valence-electron chi connectivity index (χ0n) is 18.5. The molecule has 0 N–H and O–H groups in total. The van der Waals surface area contributed by atoms with Crippen molar-refractivity contribution in [2.24, 2.45) is 0 Å². The van der Waals surface area contributed by atoms with Crippen molar-refractivity contribution in [3.63, 3.8) is 0 Å². The molecule has 0 radical (unpaired) electrons. The van der Waals surface area contributed by atoms with E-state index in [1.54, 1.807) is 56.7 Å². The van der Waals surface area contributed by atoms with Gasteiger partial charge in [-0.1, -0.05) is 41.4 Å². The van der Waals surface area contributed by atoms with E-state index < -0.39 is 0 Å². The highest BCUT2D eigenvalue weighted by Gasteiger charge is 2.14. The van der Waals surface area contributed by atoms with Crippen LogP contribution in [0.25, 0.3) is 11.6 Å². The van der Waals surface area contributed by atoms with Crippen LogP contribution < -0.4 is 18.9 Å². The predicted octanol–water partition coefficient (Wildman–Crippen LogP) is 7.05. The maximum Gasteiger partial charge on any atom is 0.180 e. The first-order valence-corrected chi connectivity index (χ1v) is 10.9. The van der Waals surface area contributed by atoms with Gasteiger partial charge in [-0.25, -0.2) is 0 Å². The SMILES string of the molecule is CCOc1cc(/C=C(\C#N)c2ccc(OC)c(OC)c2)cc(Cl)c1OCc1ccccc1Cl.